The van der Waals surface area contributed by atoms with Crippen molar-refractivity contribution in [2.24, 2.45) is 5.73 Å². The highest BCUT2D eigenvalue weighted by Gasteiger charge is 2.25. The van der Waals surface area contributed by atoms with Crippen LogP contribution in [-0.2, 0) is 23.5 Å². The number of Topliss-reactive ketones (excluding diaryl/α,β-unsaturated/α-hetero) is 1. The van der Waals surface area contributed by atoms with Gasteiger partial charge in [-0.1, -0.05) is 0 Å². The molecule has 0 rings (SSSR count). The summed E-state index contributed by atoms with van der Waals surface area (Å²) in [5, 5.41) is 10.6. The normalized spacial score (nSPS) is 14.4. The third-order valence-electron chi connectivity index (χ3n) is 2.22. The maximum absolute atomic E-state index is 11.6. The Balaban J connectivity index is 4.44. The van der Waals surface area contributed by atoms with E-state index in [-0.39, 0.29) is 12.8 Å². The van der Waals surface area contributed by atoms with Crippen molar-refractivity contribution >= 4 is 25.5 Å². The van der Waals surface area contributed by atoms with E-state index in [4.69, 9.17) is 20.6 Å². The van der Waals surface area contributed by atoms with Gasteiger partial charge in [0.25, 0.3) is 0 Å². The Kier molecular flexibility index (Phi) is 7.54. The molecule has 0 saturated heterocycles. The minimum Gasteiger partial charge on any atom is -0.481 e. The lowest BCUT2D eigenvalue weighted by atomic mass is 10.1. The zero-order valence-electron chi connectivity index (χ0n) is 10.7. The van der Waals surface area contributed by atoms with E-state index in [9.17, 15) is 18.9 Å². The Morgan fingerprint density at radius 2 is 1.90 bits per heavy atom. The van der Waals surface area contributed by atoms with Crippen LogP contribution >= 0.6 is 7.82 Å². The molecule has 0 bridgehead atoms. The first-order valence-electron chi connectivity index (χ1n) is 5.51. The summed E-state index contributed by atoms with van der Waals surface area (Å²) in [6.45, 7) is 0.383. The number of rotatable bonds is 9. The van der Waals surface area contributed by atoms with E-state index in [1.165, 1.54) is 0 Å². The molecule has 0 aromatic rings. The highest BCUT2D eigenvalue weighted by atomic mass is 31.2. The zero-order valence-corrected chi connectivity index (χ0v) is 11.6. The van der Waals surface area contributed by atoms with E-state index in [1.807, 2.05) is 0 Å². The predicted molar refractivity (Wildman–Crippen MR) is 65.5 cm³/mol. The van der Waals surface area contributed by atoms with Gasteiger partial charge in [-0.25, -0.2) is 4.57 Å². The molecule has 0 saturated carbocycles. The maximum Gasteiger partial charge on any atom is 0.469 e. The molecule has 0 heterocycles. The Morgan fingerprint density at radius 3 is 2.30 bits per heavy atom. The van der Waals surface area contributed by atoms with Crippen LogP contribution in [0.15, 0.2) is 0 Å². The van der Waals surface area contributed by atoms with Gasteiger partial charge in [-0.05, 0) is 13.3 Å². The van der Waals surface area contributed by atoms with E-state index in [0.29, 0.717) is 0 Å². The van der Waals surface area contributed by atoms with Gasteiger partial charge in [-0.2, -0.15) is 0 Å². The third-order valence-corrected chi connectivity index (χ3v) is 2.71. The van der Waals surface area contributed by atoms with Gasteiger partial charge in [-0.3, -0.25) is 18.9 Å². The standard InChI is InChI=1S/C9H17N2O8P/c1-5(12)7(4-19-20(16,17)18)11-9(15)6(10)2-3-8(13)14/h6-7H,2-4,10H2,1H3,(H,11,15)(H,13,14)(H2,16,17,18)/t6-,7-/m0/s1. The minimum absolute atomic E-state index is 0.134. The third kappa shape index (κ3) is 8.73. The van der Waals surface area contributed by atoms with Crippen molar-refractivity contribution in [3.63, 3.8) is 0 Å². The first-order chi connectivity index (χ1) is 9.03. The van der Waals surface area contributed by atoms with Crippen molar-refractivity contribution < 1.29 is 38.4 Å². The fourth-order valence-electron chi connectivity index (χ4n) is 1.12. The number of hydrogen-bond acceptors (Lipinski definition) is 6. The number of phosphoric acid groups is 1. The largest absolute Gasteiger partial charge is 0.481 e. The fraction of sp³-hybridized carbons (Fsp3) is 0.667. The molecule has 2 atom stereocenters. The molecule has 0 radical (unpaired) electrons. The van der Waals surface area contributed by atoms with Crippen molar-refractivity contribution in [2.75, 3.05) is 6.61 Å². The number of phosphoric ester groups is 1. The topological polar surface area (TPSA) is 176 Å². The monoisotopic (exact) mass is 312 g/mol. The lowest BCUT2D eigenvalue weighted by molar-refractivity contribution is -0.137. The highest BCUT2D eigenvalue weighted by Crippen LogP contribution is 2.35. The predicted octanol–water partition coefficient (Wildman–Crippen LogP) is -1.64. The number of nitrogens with one attached hydrogen (secondary N) is 1. The molecular formula is C9H17N2O8P. The van der Waals surface area contributed by atoms with Crippen molar-refractivity contribution in [2.45, 2.75) is 31.8 Å². The Morgan fingerprint density at radius 1 is 1.35 bits per heavy atom. The van der Waals surface area contributed by atoms with Crippen LogP contribution in [0.4, 0.5) is 0 Å². The Bertz CT molecular complexity index is 420. The average molecular weight is 312 g/mol. The van der Waals surface area contributed by atoms with Crippen LogP contribution in [0.25, 0.3) is 0 Å². The summed E-state index contributed by atoms with van der Waals surface area (Å²) in [6.07, 6.45) is -0.455. The van der Waals surface area contributed by atoms with Crippen molar-refractivity contribution in [1.29, 1.82) is 0 Å². The molecule has 0 spiro atoms. The molecule has 0 aliphatic heterocycles. The second-order valence-corrected chi connectivity index (χ2v) is 5.24. The number of nitrogens with two attached hydrogens (primary N) is 1. The van der Waals surface area contributed by atoms with Crippen LogP contribution in [0.3, 0.4) is 0 Å². The van der Waals surface area contributed by atoms with Gasteiger partial charge in [0.1, 0.15) is 6.04 Å². The highest BCUT2D eigenvalue weighted by molar-refractivity contribution is 7.46. The number of hydrogen-bond donors (Lipinski definition) is 5. The summed E-state index contributed by atoms with van der Waals surface area (Å²) >= 11 is 0. The first-order valence-corrected chi connectivity index (χ1v) is 7.04. The average Bonchev–Trinajstić information content (AvgIpc) is 2.29. The quantitative estimate of drug-likeness (QED) is 0.312. The number of carboxylic acids is 1. The molecule has 0 aliphatic carbocycles. The summed E-state index contributed by atoms with van der Waals surface area (Å²) < 4.78 is 14.6. The summed E-state index contributed by atoms with van der Waals surface area (Å²) in [4.78, 5) is 50.1. The van der Waals surface area contributed by atoms with E-state index in [1.54, 1.807) is 0 Å². The van der Waals surface area contributed by atoms with Gasteiger partial charge in [0, 0.05) is 6.42 Å². The fourth-order valence-corrected chi connectivity index (χ4v) is 1.46. The van der Waals surface area contributed by atoms with E-state index >= 15 is 0 Å². The van der Waals surface area contributed by atoms with E-state index in [2.05, 4.69) is 9.84 Å². The molecule has 0 fully saturated rings. The Labute approximate surface area is 114 Å². The SMILES string of the molecule is CC(=O)[C@H](COP(=O)(O)O)NC(=O)[C@@H](N)CCC(=O)O. The second-order valence-electron chi connectivity index (χ2n) is 4.00. The smallest absolute Gasteiger partial charge is 0.469 e. The molecule has 0 aliphatic rings. The second kappa shape index (κ2) is 8.08. The van der Waals surface area contributed by atoms with E-state index in [0.717, 1.165) is 6.92 Å². The molecule has 0 aromatic heterocycles. The number of carbonyl (C=O) groups is 3. The number of carbonyl (C=O) groups excluding carboxylic acids is 2. The van der Waals surface area contributed by atoms with Crippen LogP contribution < -0.4 is 11.1 Å². The van der Waals surface area contributed by atoms with Gasteiger partial charge in [0.15, 0.2) is 5.78 Å². The first kappa shape index (κ1) is 18.7. The molecule has 11 heteroatoms. The zero-order chi connectivity index (χ0) is 15.9. The van der Waals surface area contributed by atoms with Crippen molar-refractivity contribution in [3.8, 4) is 0 Å². The number of amides is 1. The molecule has 0 unspecified atom stereocenters. The van der Waals surface area contributed by atoms with Crippen molar-refractivity contribution in [3.05, 3.63) is 0 Å². The van der Waals surface area contributed by atoms with Gasteiger partial charge in [-0.15, -0.1) is 0 Å². The summed E-state index contributed by atoms with van der Waals surface area (Å²) in [5.74, 6) is -2.51. The summed E-state index contributed by atoms with van der Waals surface area (Å²) in [5.41, 5.74) is 5.41. The molecule has 20 heavy (non-hydrogen) atoms. The molecule has 116 valence electrons. The van der Waals surface area contributed by atoms with Crippen LogP contribution in [-0.4, -0.2) is 51.2 Å². The Hall–Kier alpha value is -1.32. The lowest BCUT2D eigenvalue weighted by Crippen LogP contribution is -2.49. The van der Waals surface area contributed by atoms with Crippen LogP contribution in [0.2, 0.25) is 0 Å². The molecule has 10 nitrogen and oxygen atoms in total. The van der Waals surface area contributed by atoms with Crippen LogP contribution in [0.5, 0.6) is 0 Å². The number of ketones is 1. The van der Waals surface area contributed by atoms with Gasteiger partial charge >= 0.3 is 13.8 Å². The van der Waals surface area contributed by atoms with Crippen LogP contribution in [0.1, 0.15) is 19.8 Å². The van der Waals surface area contributed by atoms with Crippen LogP contribution in [0, 0.1) is 0 Å². The summed E-state index contributed by atoms with van der Waals surface area (Å²) in [6, 6.07) is -2.42. The number of aliphatic carboxylic acids is 1. The summed E-state index contributed by atoms with van der Waals surface area (Å²) in [7, 11) is -4.76. The van der Waals surface area contributed by atoms with Gasteiger partial charge < -0.3 is 25.9 Å². The molecule has 0 aromatic carbocycles. The van der Waals surface area contributed by atoms with Gasteiger partial charge in [0.2, 0.25) is 5.91 Å². The lowest BCUT2D eigenvalue weighted by Gasteiger charge is -2.18. The van der Waals surface area contributed by atoms with Crippen molar-refractivity contribution in [1.82, 2.24) is 5.32 Å². The minimum atomic E-state index is -4.76. The van der Waals surface area contributed by atoms with E-state index < -0.39 is 44.2 Å². The molecular weight excluding hydrogens is 295 g/mol. The van der Waals surface area contributed by atoms with Gasteiger partial charge in [0.05, 0.1) is 12.6 Å². The molecule has 1 amide bonds. The maximum atomic E-state index is 11.6. The molecule has 6 N–H and O–H groups in total. The number of carboxylic acid groups (broad SMARTS) is 1.